The standard InChI is InChI=1S/C20H26N2O3S/c1-4-5-6-14-21-20(23)17-8-7-9-18(15-17)22(3)26(24,25)19-12-10-16(2)11-13-19/h7-13,15H,4-6,14H2,1-3H3,(H,21,23). The van der Waals surface area contributed by atoms with Crippen molar-refractivity contribution in [3.8, 4) is 0 Å². The van der Waals surface area contributed by atoms with Crippen molar-refractivity contribution in [1.29, 1.82) is 0 Å². The Balaban J connectivity index is 2.18. The van der Waals surface area contributed by atoms with E-state index in [9.17, 15) is 13.2 Å². The Labute approximate surface area is 156 Å². The summed E-state index contributed by atoms with van der Waals surface area (Å²) in [5, 5.41) is 2.87. The van der Waals surface area contributed by atoms with Crippen molar-refractivity contribution in [2.75, 3.05) is 17.9 Å². The van der Waals surface area contributed by atoms with Gasteiger partial charge in [0, 0.05) is 19.2 Å². The van der Waals surface area contributed by atoms with E-state index in [0.29, 0.717) is 17.8 Å². The Morgan fingerprint density at radius 3 is 2.42 bits per heavy atom. The van der Waals surface area contributed by atoms with E-state index in [1.54, 1.807) is 48.5 Å². The van der Waals surface area contributed by atoms with Gasteiger partial charge in [0.05, 0.1) is 10.6 Å². The zero-order chi connectivity index (χ0) is 19.2. The number of hydrogen-bond donors (Lipinski definition) is 1. The summed E-state index contributed by atoms with van der Waals surface area (Å²) in [6, 6.07) is 13.4. The van der Waals surface area contributed by atoms with Crippen LogP contribution in [0, 0.1) is 6.92 Å². The molecule has 140 valence electrons. The van der Waals surface area contributed by atoms with E-state index in [2.05, 4.69) is 12.2 Å². The van der Waals surface area contributed by atoms with Crippen molar-refractivity contribution in [2.45, 2.75) is 38.0 Å². The molecule has 0 aliphatic carbocycles. The van der Waals surface area contributed by atoms with Gasteiger partial charge in [0.1, 0.15) is 0 Å². The minimum Gasteiger partial charge on any atom is -0.352 e. The van der Waals surface area contributed by atoms with Crippen LogP contribution < -0.4 is 9.62 Å². The fourth-order valence-electron chi connectivity index (χ4n) is 2.53. The molecule has 0 aliphatic heterocycles. The maximum Gasteiger partial charge on any atom is 0.264 e. The van der Waals surface area contributed by atoms with E-state index in [4.69, 9.17) is 0 Å². The van der Waals surface area contributed by atoms with Crippen LogP contribution in [0.15, 0.2) is 53.4 Å². The summed E-state index contributed by atoms with van der Waals surface area (Å²) in [6.45, 7) is 4.63. The van der Waals surface area contributed by atoms with E-state index in [0.717, 1.165) is 24.8 Å². The molecule has 5 nitrogen and oxygen atoms in total. The predicted molar refractivity (Wildman–Crippen MR) is 105 cm³/mol. The summed E-state index contributed by atoms with van der Waals surface area (Å²) in [5.74, 6) is -0.191. The zero-order valence-corrected chi connectivity index (χ0v) is 16.3. The SMILES string of the molecule is CCCCCNC(=O)c1cccc(N(C)S(=O)(=O)c2ccc(C)cc2)c1. The van der Waals surface area contributed by atoms with Gasteiger partial charge in [-0.2, -0.15) is 0 Å². The summed E-state index contributed by atoms with van der Waals surface area (Å²) in [5.41, 5.74) is 1.89. The van der Waals surface area contributed by atoms with Gasteiger partial charge in [0.25, 0.3) is 15.9 Å². The molecule has 2 aromatic carbocycles. The molecule has 0 saturated carbocycles. The number of rotatable bonds is 8. The minimum absolute atomic E-state index is 0.191. The number of sulfonamides is 1. The van der Waals surface area contributed by atoms with Crippen LogP contribution in [0.1, 0.15) is 42.1 Å². The molecule has 1 N–H and O–H groups in total. The number of nitrogens with zero attached hydrogens (tertiary/aromatic N) is 1. The fourth-order valence-corrected chi connectivity index (χ4v) is 3.72. The Morgan fingerprint density at radius 2 is 1.77 bits per heavy atom. The van der Waals surface area contributed by atoms with Crippen LogP contribution in [0.2, 0.25) is 0 Å². The van der Waals surface area contributed by atoms with E-state index >= 15 is 0 Å². The van der Waals surface area contributed by atoms with Gasteiger partial charge in [-0.1, -0.05) is 43.5 Å². The number of anilines is 1. The molecule has 0 unspecified atom stereocenters. The van der Waals surface area contributed by atoms with Crippen LogP contribution in [0.25, 0.3) is 0 Å². The molecular formula is C20H26N2O3S. The lowest BCUT2D eigenvalue weighted by Crippen LogP contribution is -2.28. The summed E-state index contributed by atoms with van der Waals surface area (Å²) < 4.78 is 26.8. The smallest absolute Gasteiger partial charge is 0.264 e. The third-order valence-corrected chi connectivity index (χ3v) is 6.02. The largest absolute Gasteiger partial charge is 0.352 e. The zero-order valence-electron chi connectivity index (χ0n) is 15.5. The number of nitrogens with one attached hydrogen (secondary N) is 1. The van der Waals surface area contributed by atoms with Crippen LogP contribution in [0.3, 0.4) is 0 Å². The monoisotopic (exact) mass is 374 g/mol. The van der Waals surface area contributed by atoms with Crippen molar-refractivity contribution in [1.82, 2.24) is 5.32 Å². The minimum atomic E-state index is -3.67. The first-order valence-electron chi connectivity index (χ1n) is 8.80. The highest BCUT2D eigenvalue weighted by molar-refractivity contribution is 7.92. The van der Waals surface area contributed by atoms with Crippen molar-refractivity contribution in [3.63, 3.8) is 0 Å². The first-order chi connectivity index (χ1) is 12.4. The van der Waals surface area contributed by atoms with Crippen LogP contribution in [0.4, 0.5) is 5.69 Å². The summed E-state index contributed by atoms with van der Waals surface area (Å²) in [6.07, 6.45) is 3.09. The topological polar surface area (TPSA) is 66.5 Å². The Hall–Kier alpha value is -2.34. The molecule has 0 aromatic heterocycles. The molecule has 0 spiro atoms. The van der Waals surface area contributed by atoms with Gasteiger partial charge < -0.3 is 5.32 Å². The highest BCUT2D eigenvalue weighted by Gasteiger charge is 2.21. The second-order valence-corrected chi connectivity index (χ2v) is 8.27. The third kappa shape index (κ3) is 4.85. The van der Waals surface area contributed by atoms with Crippen LogP contribution in [-0.4, -0.2) is 27.9 Å². The van der Waals surface area contributed by atoms with Crippen LogP contribution >= 0.6 is 0 Å². The van der Waals surface area contributed by atoms with Crippen molar-refractivity contribution < 1.29 is 13.2 Å². The van der Waals surface area contributed by atoms with Crippen molar-refractivity contribution in [2.24, 2.45) is 0 Å². The Kier molecular flexibility index (Phi) is 6.80. The van der Waals surface area contributed by atoms with Crippen LogP contribution in [0.5, 0.6) is 0 Å². The van der Waals surface area contributed by atoms with E-state index in [-0.39, 0.29) is 10.8 Å². The second-order valence-electron chi connectivity index (χ2n) is 6.30. The fraction of sp³-hybridized carbons (Fsp3) is 0.350. The highest BCUT2D eigenvalue weighted by atomic mass is 32.2. The first kappa shape index (κ1) is 20.0. The normalized spacial score (nSPS) is 11.2. The molecule has 0 fully saturated rings. The second kappa shape index (κ2) is 8.85. The highest BCUT2D eigenvalue weighted by Crippen LogP contribution is 2.23. The van der Waals surface area contributed by atoms with Gasteiger partial charge >= 0.3 is 0 Å². The summed E-state index contributed by atoms with van der Waals surface area (Å²) >= 11 is 0. The predicted octanol–water partition coefficient (Wildman–Crippen LogP) is 3.74. The average Bonchev–Trinajstić information content (AvgIpc) is 2.65. The molecule has 0 radical (unpaired) electrons. The molecule has 6 heteroatoms. The molecule has 0 heterocycles. The maximum atomic E-state index is 12.8. The van der Waals surface area contributed by atoms with Gasteiger partial charge in [-0.25, -0.2) is 8.42 Å². The maximum absolute atomic E-state index is 12.8. The molecule has 1 amide bonds. The Bertz CT molecular complexity index is 846. The lowest BCUT2D eigenvalue weighted by molar-refractivity contribution is 0.0953. The van der Waals surface area contributed by atoms with Gasteiger partial charge in [0.2, 0.25) is 0 Å². The van der Waals surface area contributed by atoms with Gasteiger partial charge in [0.15, 0.2) is 0 Å². The van der Waals surface area contributed by atoms with E-state index in [1.807, 2.05) is 6.92 Å². The number of aryl methyl sites for hydroxylation is 1. The number of benzene rings is 2. The van der Waals surface area contributed by atoms with E-state index < -0.39 is 10.0 Å². The molecule has 2 rings (SSSR count). The summed E-state index contributed by atoms with van der Waals surface area (Å²) in [4.78, 5) is 12.5. The molecule has 0 atom stereocenters. The first-order valence-corrected chi connectivity index (χ1v) is 10.2. The number of amides is 1. The number of carbonyl (C=O) groups excluding carboxylic acids is 1. The molecular weight excluding hydrogens is 348 g/mol. The lowest BCUT2D eigenvalue weighted by atomic mass is 10.2. The van der Waals surface area contributed by atoms with Crippen molar-refractivity contribution in [3.05, 3.63) is 59.7 Å². The van der Waals surface area contributed by atoms with Gasteiger partial charge in [-0.15, -0.1) is 0 Å². The number of carbonyl (C=O) groups is 1. The number of unbranched alkanes of at least 4 members (excludes halogenated alkanes) is 2. The van der Waals surface area contributed by atoms with Crippen LogP contribution in [-0.2, 0) is 10.0 Å². The lowest BCUT2D eigenvalue weighted by Gasteiger charge is -2.20. The van der Waals surface area contributed by atoms with E-state index in [1.165, 1.54) is 11.4 Å². The van der Waals surface area contributed by atoms with Gasteiger partial charge in [-0.3, -0.25) is 9.10 Å². The molecule has 2 aromatic rings. The average molecular weight is 375 g/mol. The number of hydrogen-bond acceptors (Lipinski definition) is 3. The molecule has 26 heavy (non-hydrogen) atoms. The quantitative estimate of drug-likeness (QED) is 0.716. The molecule has 0 bridgehead atoms. The Morgan fingerprint density at radius 1 is 1.08 bits per heavy atom. The van der Waals surface area contributed by atoms with Gasteiger partial charge in [-0.05, 0) is 43.7 Å². The third-order valence-electron chi connectivity index (χ3n) is 4.22. The molecule has 0 saturated heterocycles. The molecule has 0 aliphatic rings. The summed E-state index contributed by atoms with van der Waals surface area (Å²) in [7, 11) is -2.18. The van der Waals surface area contributed by atoms with Crippen molar-refractivity contribution >= 4 is 21.6 Å².